The Balaban J connectivity index is 2.04. The summed E-state index contributed by atoms with van der Waals surface area (Å²) in [6.07, 6.45) is 0.518. The number of rotatable bonds is 5. The van der Waals surface area contributed by atoms with Gasteiger partial charge < -0.3 is 14.8 Å². The molecular weight excluding hydrogens is 273 g/mol. The first kappa shape index (κ1) is 15.3. The number of halogens is 1. The highest BCUT2D eigenvalue weighted by molar-refractivity contribution is 5.87. The average molecular weight is 291 g/mol. The molecule has 2 N–H and O–H groups in total. The number of amides is 1. The van der Waals surface area contributed by atoms with Crippen LogP contribution < -0.4 is 5.32 Å². The summed E-state index contributed by atoms with van der Waals surface area (Å²) in [5.41, 5.74) is -0.719. The van der Waals surface area contributed by atoms with Crippen LogP contribution in [0.2, 0.25) is 0 Å². The fraction of sp³-hybridized carbons (Fsp3) is 0.312. The normalized spacial score (nSPS) is 13.0. The van der Waals surface area contributed by atoms with E-state index >= 15 is 0 Å². The minimum atomic E-state index is -1.03. The molecule has 0 aliphatic carbocycles. The zero-order chi connectivity index (χ0) is 15.5. The number of nitrogens with one attached hydrogen (secondary N) is 1. The van der Waals surface area contributed by atoms with Crippen molar-refractivity contribution >= 4 is 5.91 Å². The Bertz CT molecular complexity index is 608. The van der Waals surface area contributed by atoms with Gasteiger partial charge in [0, 0.05) is 5.56 Å². The van der Waals surface area contributed by atoms with Gasteiger partial charge in [0.05, 0.1) is 18.2 Å². The van der Waals surface area contributed by atoms with E-state index in [-0.39, 0.29) is 12.5 Å². The Labute approximate surface area is 122 Å². The first-order valence-corrected chi connectivity index (χ1v) is 6.67. The minimum Gasteiger partial charge on any atom is -0.467 e. The van der Waals surface area contributed by atoms with E-state index in [1.54, 1.807) is 44.2 Å². The average Bonchev–Trinajstić information content (AvgIpc) is 2.98. The van der Waals surface area contributed by atoms with Gasteiger partial charge in [0.1, 0.15) is 17.7 Å². The van der Waals surface area contributed by atoms with Crippen LogP contribution in [0.15, 0.2) is 47.1 Å². The Morgan fingerprint density at radius 1 is 1.33 bits per heavy atom. The summed E-state index contributed by atoms with van der Waals surface area (Å²) in [6.45, 7) is 3.28. The van der Waals surface area contributed by atoms with Crippen LogP contribution in [-0.4, -0.2) is 17.6 Å². The molecule has 0 spiro atoms. The van der Waals surface area contributed by atoms with Crippen molar-refractivity contribution in [3.05, 3.63) is 59.8 Å². The molecule has 0 saturated heterocycles. The lowest BCUT2D eigenvalue weighted by molar-refractivity contribution is -0.126. The first-order chi connectivity index (χ1) is 9.93. The number of furan rings is 1. The number of hydrogen-bond acceptors (Lipinski definition) is 3. The fourth-order valence-electron chi connectivity index (χ4n) is 2.08. The van der Waals surface area contributed by atoms with Crippen LogP contribution in [-0.2, 0) is 10.2 Å². The molecular formula is C16H18FNO3. The van der Waals surface area contributed by atoms with Gasteiger partial charge in [-0.25, -0.2) is 4.39 Å². The van der Waals surface area contributed by atoms with Crippen molar-refractivity contribution in [2.75, 3.05) is 6.54 Å². The maximum atomic E-state index is 13.8. The largest absolute Gasteiger partial charge is 0.467 e. The highest BCUT2D eigenvalue weighted by Crippen LogP contribution is 2.26. The minimum absolute atomic E-state index is 0.00420. The Kier molecular flexibility index (Phi) is 4.43. The topological polar surface area (TPSA) is 62.5 Å². The lowest BCUT2D eigenvalue weighted by Gasteiger charge is -2.25. The van der Waals surface area contributed by atoms with Gasteiger partial charge in [-0.05, 0) is 32.0 Å². The molecule has 0 saturated carbocycles. The maximum absolute atomic E-state index is 13.8. The van der Waals surface area contributed by atoms with Crippen molar-refractivity contribution < 1.29 is 18.7 Å². The predicted octanol–water partition coefficient (Wildman–Crippen LogP) is 2.55. The van der Waals surface area contributed by atoms with Crippen LogP contribution in [0.3, 0.4) is 0 Å². The quantitative estimate of drug-likeness (QED) is 0.890. The zero-order valence-corrected chi connectivity index (χ0v) is 12.0. The Hall–Kier alpha value is -2.14. The third-order valence-electron chi connectivity index (χ3n) is 3.44. The van der Waals surface area contributed by atoms with Gasteiger partial charge in [0.25, 0.3) is 0 Å². The second-order valence-corrected chi connectivity index (χ2v) is 5.35. The summed E-state index contributed by atoms with van der Waals surface area (Å²) in [6, 6.07) is 9.45. The summed E-state index contributed by atoms with van der Waals surface area (Å²) in [5, 5.41) is 12.5. The van der Waals surface area contributed by atoms with Crippen LogP contribution in [0, 0.1) is 5.82 Å². The van der Waals surface area contributed by atoms with Crippen LogP contribution in [0.1, 0.15) is 31.3 Å². The Morgan fingerprint density at radius 3 is 2.67 bits per heavy atom. The standard InChI is InChI=1S/C16H18FNO3/c1-16(2,11-6-3-4-7-12(11)17)15(20)18-10-13(19)14-8-5-9-21-14/h3-9,13,19H,10H2,1-2H3,(H,18,20)/t13-/m1/s1. The lowest BCUT2D eigenvalue weighted by atomic mass is 9.83. The summed E-state index contributed by atoms with van der Waals surface area (Å²) in [7, 11) is 0. The SMILES string of the molecule is CC(C)(C(=O)NC[C@@H](O)c1ccco1)c1ccccc1F. The molecule has 1 atom stereocenters. The van der Waals surface area contributed by atoms with Gasteiger partial charge in [0.2, 0.25) is 5.91 Å². The molecule has 1 aromatic heterocycles. The van der Waals surface area contributed by atoms with E-state index in [0.29, 0.717) is 11.3 Å². The summed E-state index contributed by atoms with van der Waals surface area (Å²) in [5.74, 6) is -0.415. The number of carbonyl (C=O) groups excluding carboxylic acids is 1. The van der Waals surface area contributed by atoms with E-state index in [1.165, 1.54) is 12.3 Å². The first-order valence-electron chi connectivity index (χ1n) is 6.67. The molecule has 4 nitrogen and oxygen atoms in total. The molecule has 0 fully saturated rings. The highest BCUT2D eigenvalue weighted by Gasteiger charge is 2.32. The van der Waals surface area contributed by atoms with Crippen LogP contribution >= 0.6 is 0 Å². The van der Waals surface area contributed by atoms with Crippen molar-refractivity contribution in [1.29, 1.82) is 0 Å². The van der Waals surface area contributed by atoms with Crippen LogP contribution in [0.5, 0.6) is 0 Å². The van der Waals surface area contributed by atoms with Crippen molar-refractivity contribution in [3.63, 3.8) is 0 Å². The summed E-state index contributed by atoms with van der Waals surface area (Å²) in [4.78, 5) is 12.3. The molecule has 5 heteroatoms. The van der Waals surface area contributed by atoms with E-state index in [9.17, 15) is 14.3 Å². The molecule has 0 aliphatic heterocycles. The molecule has 1 aromatic carbocycles. The van der Waals surface area contributed by atoms with Gasteiger partial charge in [-0.15, -0.1) is 0 Å². The number of carbonyl (C=O) groups is 1. The molecule has 2 rings (SSSR count). The molecule has 1 amide bonds. The summed E-state index contributed by atoms with van der Waals surface area (Å²) >= 11 is 0. The van der Waals surface area contributed by atoms with E-state index in [2.05, 4.69) is 5.32 Å². The molecule has 0 radical (unpaired) electrons. The van der Waals surface area contributed by atoms with E-state index in [0.717, 1.165) is 0 Å². The van der Waals surface area contributed by atoms with Crippen molar-refractivity contribution in [3.8, 4) is 0 Å². The van der Waals surface area contributed by atoms with Crippen molar-refractivity contribution in [2.45, 2.75) is 25.4 Å². The van der Waals surface area contributed by atoms with Crippen molar-refractivity contribution in [2.24, 2.45) is 0 Å². The number of benzene rings is 1. The highest BCUT2D eigenvalue weighted by atomic mass is 19.1. The maximum Gasteiger partial charge on any atom is 0.230 e. The lowest BCUT2D eigenvalue weighted by Crippen LogP contribution is -2.42. The van der Waals surface area contributed by atoms with E-state index in [1.807, 2.05) is 0 Å². The molecule has 0 unspecified atom stereocenters. The van der Waals surface area contributed by atoms with E-state index in [4.69, 9.17) is 4.42 Å². The fourth-order valence-corrected chi connectivity index (χ4v) is 2.08. The molecule has 2 aromatic rings. The zero-order valence-electron chi connectivity index (χ0n) is 12.0. The molecule has 21 heavy (non-hydrogen) atoms. The molecule has 0 aliphatic rings. The van der Waals surface area contributed by atoms with Gasteiger partial charge in [-0.3, -0.25) is 4.79 Å². The smallest absolute Gasteiger partial charge is 0.230 e. The van der Waals surface area contributed by atoms with Crippen LogP contribution in [0.4, 0.5) is 4.39 Å². The summed E-state index contributed by atoms with van der Waals surface area (Å²) < 4.78 is 18.9. The predicted molar refractivity (Wildman–Crippen MR) is 76.1 cm³/mol. The third kappa shape index (κ3) is 3.31. The number of aliphatic hydroxyl groups excluding tert-OH is 1. The molecule has 0 bridgehead atoms. The van der Waals surface area contributed by atoms with Gasteiger partial charge in [0.15, 0.2) is 0 Å². The monoisotopic (exact) mass is 291 g/mol. The van der Waals surface area contributed by atoms with Gasteiger partial charge in [-0.2, -0.15) is 0 Å². The molecule has 1 heterocycles. The third-order valence-corrected chi connectivity index (χ3v) is 3.44. The van der Waals surface area contributed by atoms with Crippen LogP contribution in [0.25, 0.3) is 0 Å². The van der Waals surface area contributed by atoms with Gasteiger partial charge >= 0.3 is 0 Å². The van der Waals surface area contributed by atoms with Gasteiger partial charge in [-0.1, -0.05) is 18.2 Å². The number of hydrogen-bond donors (Lipinski definition) is 2. The van der Waals surface area contributed by atoms with E-state index < -0.39 is 17.3 Å². The molecule has 112 valence electrons. The Morgan fingerprint density at radius 2 is 2.05 bits per heavy atom. The van der Waals surface area contributed by atoms with Crippen molar-refractivity contribution in [1.82, 2.24) is 5.32 Å². The number of aliphatic hydroxyl groups is 1. The second-order valence-electron chi connectivity index (χ2n) is 5.35. The second kappa shape index (κ2) is 6.10.